The number of aromatic nitrogens is 1. The molecule has 0 radical (unpaired) electrons. The minimum absolute atomic E-state index is 0.0507. The molecule has 1 heterocycles. The Morgan fingerprint density at radius 3 is 2.59 bits per heavy atom. The van der Waals surface area contributed by atoms with Crippen molar-refractivity contribution in [1.29, 1.82) is 5.26 Å². The molecule has 0 saturated carbocycles. The van der Waals surface area contributed by atoms with E-state index in [0.29, 0.717) is 5.69 Å². The third-order valence-electron chi connectivity index (χ3n) is 4.92. The van der Waals surface area contributed by atoms with Crippen LogP contribution in [-0.4, -0.2) is 34.7 Å². The van der Waals surface area contributed by atoms with E-state index in [1.54, 1.807) is 54.7 Å². The highest BCUT2D eigenvalue weighted by Crippen LogP contribution is 2.25. The van der Waals surface area contributed by atoms with Crippen molar-refractivity contribution in [3.8, 4) is 11.8 Å². The maximum atomic E-state index is 14.9. The Kier molecular flexibility index (Phi) is 8.92. The predicted octanol–water partition coefficient (Wildman–Crippen LogP) is 3.38. The molecule has 34 heavy (non-hydrogen) atoms. The van der Waals surface area contributed by atoms with Gasteiger partial charge in [-0.3, -0.25) is 9.78 Å². The first-order valence-corrected chi connectivity index (χ1v) is 10.6. The van der Waals surface area contributed by atoms with Crippen molar-refractivity contribution in [1.82, 2.24) is 10.3 Å². The lowest BCUT2D eigenvalue weighted by Gasteiger charge is -2.19. The maximum absolute atomic E-state index is 14.9. The first kappa shape index (κ1) is 24.6. The van der Waals surface area contributed by atoms with Crippen LogP contribution in [0.4, 0.5) is 4.39 Å². The van der Waals surface area contributed by atoms with Crippen LogP contribution in [0.2, 0.25) is 6.32 Å². The summed E-state index contributed by atoms with van der Waals surface area (Å²) in [7, 11) is -1.59. The molecule has 172 valence electrons. The Hall–Kier alpha value is -4.00. The molecule has 9 heteroatoms. The summed E-state index contributed by atoms with van der Waals surface area (Å²) < 4.78 is 20.4. The molecular weight excluding hydrogens is 436 g/mol. The van der Waals surface area contributed by atoms with Crippen LogP contribution in [0.1, 0.15) is 29.3 Å². The van der Waals surface area contributed by atoms with Gasteiger partial charge in [0.05, 0.1) is 30.3 Å². The summed E-state index contributed by atoms with van der Waals surface area (Å²) in [4.78, 5) is 16.5. The van der Waals surface area contributed by atoms with E-state index in [9.17, 15) is 24.5 Å². The second kappa shape index (κ2) is 12.3. The van der Waals surface area contributed by atoms with E-state index in [-0.39, 0.29) is 42.1 Å². The number of ether oxygens (including phenoxy) is 1. The molecule has 3 aromatic rings. The number of nitrogens with zero attached hydrogens (tertiary/aromatic N) is 2. The molecule has 3 rings (SSSR count). The Morgan fingerprint density at radius 2 is 1.91 bits per heavy atom. The summed E-state index contributed by atoms with van der Waals surface area (Å²) in [5.74, 6) is -1.09. The lowest BCUT2D eigenvalue weighted by Crippen LogP contribution is -2.32. The molecule has 2 aromatic carbocycles. The average molecular weight is 459 g/mol. The van der Waals surface area contributed by atoms with E-state index >= 15 is 0 Å². The van der Waals surface area contributed by atoms with Gasteiger partial charge in [-0.25, -0.2) is 4.39 Å². The summed E-state index contributed by atoms with van der Waals surface area (Å²) >= 11 is 0. The number of carbonyl (C=O) groups excluding carboxylic acids is 1. The third-order valence-corrected chi connectivity index (χ3v) is 4.92. The molecule has 0 saturated heterocycles. The lowest BCUT2D eigenvalue weighted by molar-refractivity contribution is -0.122. The molecule has 0 unspecified atom stereocenters. The van der Waals surface area contributed by atoms with Crippen LogP contribution in [0.3, 0.4) is 0 Å². The maximum Gasteiger partial charge on any atom is 0.453 e. The van der Waals surface area contributed by atoms with E-state index in [2.05, 4.69) is 10.3 Å². The van der Waals surface area contributed by atoms with Gasteiger partial charge in [0.25, 0.3) is 0 Å². The Labute approximate surface area is 197 Å². The molecule has 7 nitrogen and oxygen atoms in total. The Balaban J connectivity index is 1.63. The van der Waals surface area contributed by atoms with Crippen LogP contribution in [0.25, 0.3) is 11.6 Å². The monoisotopic (exact) mass is 459 g/mol. The van der Waals surface area contributed by atoms with Crippen molar-refractivity contribution in [2.45, 2.75) is 18.8 Å². The van der Waals surface area contributed by atoms with Crippen molar-refractivity contribution in [2.24, 2.45) is 0 Å². The van der Waals surface area contributed by atoms with Crippen LogP contribution < -0.4 is 10.1 Å². The van der Waals surface area contributed by atoms with E-state index < -0.39 is 19.0 Å². The summed E-state index contributed by atoms with van der Waals surface area (Å²) in [6, 6.07) is 20.0. The van der Waals surface area contributed by atoms with Gasteiger partial charge in [-0.2, -0.15) is 5.26 Å². The molecule has 0 aliphatic rings. The molecule has 0 aliphatic heterocycles. The normalized spacial score (nSPS) is 11.9. The molecule has 1 amide bonds. The predicted molar refractivity (Wildman–Crippen MR) is 127 cm³/mol. The molecule has 3 N–H and O–H groups in total. The summed E-state index contributed by atoms with van der Waals surface area (Å²) in [5.41, 5.74) is 1.52. The smallest absolute Gasteiger partial charge is 0.453 e. The lowest BCUT2D eigenvalue weighted by atomic mass is 9.79. The number of benzene rings is 2. The standard InChI is InChI=1S/C25H23BFN3O4/c27-25-19(15-20(17-28)21-10-4-5-13-29-21)9-6-11-23(25)34-14-12-24(31)30-22(16-26(32)33)18-7-2-1-3-8-18/h1-11,13,15,22,32-33H,12,14,16H2,(H,30,31)/t22-/m0/s1. The van der Waals surface area contributed by atoms with E-state index in [0.717, 1.165) is 5.56 Å². The van der Waals surface area contributed by atoms with Crippen LogP contribution in [0.5, 0.6) is 5.75 Å². The number of carbonyl (C=O) groups is 1. The zero-order chi connectivity index (χ0) is 24.3. The van der Waals surface area contributed by atoms with E-state index in [1.807, 2.05) is 12.1 Å². The topological polar surface area (TPSA) is 115 Å². The summed E-state index contributed by atoms with van der Waals surface area (Å²) in [6.07, 6.45) is 2.80. The minimum atomic E-state index is -1.59. The highest BCUT2D eigenvalue weighted by Gasteiger charge is 2.21. The highest BCUT2D eigenvalue weighted by molar-refractivity contribution is 6.41. The number of allylic oxidation sites excluding steroid dienone is 1. The van der Waals surface area contributed by atoms with Gasteiger partial charge in [0.1, 0.15) is 6.07 Å². The van der Waals surface area contributed by atoms with Gasteiger partial charge in [0.2, 0.25) is 5.91 Å². The fraction of sp³-hybridized carbons (Fsp3) is 0.160. The van der Waals surface area contributed by atoms with Crippen molar-refractivity contribution < 1.29 is 24.0 Å². The Bertz CT molecular complexity index is 1170. The van der Waals surface area contributed by atoms with Crippen LogP contribution in [-0.2, 0) is 4.79 Å². The first-order valence-electron chi connectivity index (χ1n) is 10.6. The number of nitrogens with one attached hydrogen (secondary N) is 1. The van der Waals surface area contributed by atoms with E-state index in [4.69, 9.17) is 4.74 Å². The van der Waals surface area contributed by atoms with Crippen molar-refractivity contribution in [3.05, 3.63) is 95.6 Å². The Morgan fingerprint density at radius 1 is 1.15 bits per heavy atom. The molecule has 1 atom stereocenters. The van der Waals surface area contributed by atoms with Gasteiger partial charge in [0.15, 0.2) is 11.6 Å². The van der Waals surface area contributed by atoms with Gasteiger partial charge in [-0.1, -0.05) is 48.5 Å². The molecule has 1 aromatic heterocycles. The molecule has 0 aliphatic carbocycles. The van der Waals surface area contributed by atoms with E-state index in [1.165, 1.54) is 18.2 Å². The number of nitriles is 1. The van der Waals surface area contributed by atoms with Gasteiger partial charge < -0.3 is 20.1 Å². The number of hydrogen-bond donors (Lipinski definition) is 3. The van der Waals surface area contributed by atoms with Gasteiger partial charge in [-0.05, 0) is 29.8 Å². The highest BCUT2D eigenvalue weighted by atomic mass is 19.1. The molecule has 0 bridgehead atoms. The van der Waals surface area contributed by atoms with Crippen molar-refractivity contribution in [2.75, 3.05) is 6.61 Å². The number of rotatable bonds is 10. The third kappa shape index (κ3) is 7.00. The van der Waals surface area contributed by atoms with Gasteiger partial charge in [-0.15, -0.1) is 0 Å². The van der Waals surface area contributed by atoms with Crippen molar-refractivity contribution >= 4 is 24.7 Å². The fourth-order valence-electron chi connectivity index (χ4n) is 3.29. The second-order valence-electron chi connectivity index (χ2n) is 7.39. The van der Waals surface area contributed by atoms with Crippen LogP contribution >= 0.6 is 0 Å². The van der Waals surface area contributed by atoms with Crippen LogP contribution in [0.15, 0.2) is 72.9 Å². The SMILES string of the molecule is N#CC(=Cc1cccc(OCCC(=O)N[C@@H](CB(O)O)c2ccccc2)c1F)c1ccccn1. The number of hydrogen-bond acceptors (Lipinski definition) is 6. The fourth-order valence-corrected chi connectivity index (χ4v) is 3.29. The van der Waals surface area contributed by atoms with Gasteiger partial charge >= 0.3 is 7.12 Å². The first-order chi connectivity index (χ1) is 16.5. The average Bonchev–Trinajstić information content (AvgIpc) is 2.85. The zero-order valence-electron chi connectivity index (χ0n) is 18.3. The number of halogens is 1. The molecule has 0 fully saturated rings. The second-order valence-corrected chi connectivity index (χ2v) is 7.39. The minimum Gasteiger partial charge on any atom is -0.490 e. The van der Waals surface area contributed by atoms with Crippen LogP contribution in [0, 0.1) is 17.1 Å². The zero-order valence-corrected chi connectivity index (χ0v) is 18.3. The molecular formula is C25H23BFN3O4. The molecule has 0 spiro atoms. The summed E-state index contributed by atoms with van der Waals surface area (Å²) in [5, 5.41) is 30.8. The van der Waals surface area contributed by atoms with Gasteiger partial charge in [0, 0.05) is 18.1 Å². The van der Waals surface area contributed by atoms with Crippen molar-refractivity contribution in [3.63, 3.8) is 0 Å². The number of pyridine rings is 1. The largest absolute Gasteiger partial charge is 0.490 e. The summed E-state index contributed by atoms with van der Waals surface area (Å²) in [6.45, 7) is -0.0928. The number of amides is 1. The quantitative estimate of drug-likeness (QED) is 0.316.